The molecule has 0 aliphatic heterocycles. The van der Waals surface area contributed by atoms with Crippen LogP contribution in [0.2, 0.25) is 0 Å². The lowest BCUT2D eigenvalue weighted by Gasteiger charge is -2.07. The topological polar surface area (TPSA) is 63.6 Å². The highest BCUT2D eigenvalue weighted by Gasteiger charge is 2.38. The Morgan fingerprint density at radius 2 is 2.00 bits per heavy atom. The Morgan fingerprint density at radius 1 is 1.50 bits per heavy atom. The molecule has 0 bridgehead atoms. The fraction of sp³-hybridized carbons (Fsp3) is 0.429. The van der Waals surface area contributed by atoms with E-state index in [1.54, 1.807) is 0 Å². The molecule has 0 atom stereocenters. The van der Waals surface area contributed by atoms with E-state index in [2.05, 4.69) is 4.74 Å². The molecule has 0 saturated carbocycles. The van der Waals surface area contributed by atoms with Crippen molar-refractivity contribution in [1.82, 2.24) is 0 Å². The van der Waals surface area contributed by atoms with Crippen LogP contribution in [0.3, 0.4) is 0 Å². The minimum atomic E-state index is -5.14. The van der Waals surface area contributed by atoms with Crippen molar-refractivity contribution in [2.75, 3.05) is 6.61 Å². The summed E-state index contributed by atoms with van der Waals surface area (Å²) in [6.45, 7) is 1.16. The van der Waals surface area contributed by atoms with Crippen LogP contribution < -0.4 is 0 Å². The van der Waals surface area contributed by atoms with Crippen LogP contribution in [0.5, 0.6) is 0 Å². The van der Waals surface area contributed by atoms with E-state index < -0.39 is 29.8 Å². The molecule has 0 unspecified atom stereocenters. The van der Waals surface area contributed by atoms with Crippen molar-refractivity contribution in [2.45, 2.75) is 13.1 Å². The fourth-order valence-electron chi connectivity index (χ4n) is 0.562. The molecule has 80 valence electrons. The van der Waals surface area contributed by atoms with Gasteiger partial charge in [-0.1, -0.05) is 0 Å². The maximum atomic E-state index is 11.8. The van der Waals surface area contributed by atoms with Gasteiger partial charge in [-0.3, -0.25) is 4.79 Å². The van der Waals surface area contributed by atoms with Crippen LogP contribution in [0.25, 0.3) is 0 Å². The quantitative estimate of drug-likeness (QED) is 0.190. The highest BCUT2D eigenvalue weighted by atomic mass is 19.4. The second-order valence-electron chi connectivity index (χ2n) is 2.10. The van der Waals surface area contributed by atoms with Gasteiger partial charge in [-0.2, -0.15) is 13.2 Å². The van der Waals surface area contributed by atoms with Gasteiger partial charge >= 0.3 is 12.1 Å². The van der Waals surface area contributed by atoms with Crippen LogP contribution in [0.1, 0.15) is 6.92 Å². The lowest BCUT2D eigenvalue weighted by molar-refractivity contribution is -0.143. The monoisotopic (exact) mass is 212 g/mol. The summed E-state index contributed by atoms with van der Waals surface area (Å²) in [5, 5.41) is 8.47. The Hall–Kier alpha value is -1.53. The van der Waals surface area contributed by atoms with E-state index in [0.29, 0.717) is 0 Å². The SMILES string of the molecule is CCOC(=O)/C(C=O)=C(\O)C(F)(F)F. The van der Waals surface area contributed by atoms with Crippen molar-refractivity contribution in [3.63, 3.8) is 0 Å². The van der Waals surface area contributed by atoms with Crippen LogP contribution in [-0.2, 0) is 14.3 Å². The second kappa shape index (κ2) is 4.64. The number of esters is 1. The molecule has 0 fully saturated rings. The van der Waals surface area contributed by atoms with Gasteiger partial charge in [-0.15, -0.1) is 0 Å². The number of aliphatic hydroxyl groups excluding tert-OH is 1. The number of aliphatic hydroxyl groups is 1. The van der Waals surface area contributed by atoms with Crippen molar-refractivity contribution in [2.24, 2.45) is 0 Å². The largest absolute Gasteiger partial charge is 0.504 e. The number of hydrogen-bond acceptors (Lipinski definition) is 4. The summed E-state index contributed by atoms with van der Waals surface area (Å²) in [5.41, 5.74) is -1.43. The van der Waals surface area contributed by atoms with E-state index in [9.17, 15) is 22.8 Å². The van der Waals surface area contributed by atoms with Gasteiger partial charge in [0, 0.05) is 0 Å². The maximum Gasteiger partial charge on any atom is 0.449 e. The van der Waals surface area contributed by atoms with Crippen molar-refractivity contribution in [3.8, 4) is 0 Å². The number of ether oxygens (including phenoxy) is 1. The van der Waals surface area contributed by atoms with Gasteiger partial charge in [0.25, 0.3) is 0 Å². The summed E-state index contributed by atoms with van der Waals surface area (Å²) in [6.07, 6.45) is -5.54. The number of allylic oxidation sites excluding steroid dienone is 1. The van der Waals surface area contributed by atoms with Gasteiger partial charge in [0.05, 0.1) is 6.61 Å². The smallest absolute Gasteiger partial charge is 0.449 e. The molecule has 4 nitrogen and oxygen atoms in total. The van der Waals surface area contributed by atoms with Crippen molar-refractivity contribution < 1.29 is 32.6 Å². The molecule has 14 heavy (non-hydrogen) atoms. The summed E-state index contributed by atoms with van der Waals surface area (Å²) in [5.74, 6) is -3.75. The van der Waals surface area contributed by atoms with Crippen LogP contribution in [0, 0.1) is 0 Å². The van der Waals surface area contributed by atoms with E-state index >= 15 is 0 Å². The highest BCUT2D eigenvalue weighted by Crippen LogP contribution is 2.25. The number of alkyl halides is 3. The average molecular weight is 212 g/mol. The van der Waals surface area contributed by atoms with Crippen LogP contribution in [0.4, 0.5) is 13.2 Å². The molecule has 1 N–H and O–H groups in total. The summed E-state index contributed by atoms with van der Waals surface area (Å²) < 4.78 is 39.6. The van der Waals surface area contributed by atoms with Gasteiger partial charge in [0.15, 0.2) is 6.29 Å². The highest BCUT2D eigenvalue weighted by molar-refractivity contribution is 6.08. The molecule has 0 aliphatic carbocycles. The molecule has 0 aromatic heterocycles. The summed E-state index contributed by atoms with van der Waals surface area (Å²) >= 11 is 0. The first-order valence-electron chi connectivity index (χ1n) is 3.47. The lowest BCUT2D eigenvalue weighted by Crippen LogP contribution is -2.20. The second-order valence-corrected chi connectivity index (χ2v) is 2.10. The normalized spacial score (nSPS) is 13.1. The molecule has 0 aliphatic rings. The zero-order valence-electron chi connectivity index (χ0n) is 7.09. The van der Waals surface area contributed by atoms with Gasteiger partial charge in [-0.25, -0.2) is 4.79 Å². The third-order valence-corrected chi connectivity index (χ3v) is 1.14. The van der Waals surface area contributed by atoms with Gasteiger partial charge in [-0.05, 0) is 6.92 Å². The molecule has 7 heteroatoms. The third kappa shape index (κ3) is 3.08. The average Bonchev–Trinajstić information content (AvgIpc) is 2.04. The first kappa shape index (κ1) is 12.5. The van der Waals surface area contributed by atoms with E-state index in [1.807, 2.05) is 0 Å². The van der Waals surface area contributed by atoms with E-state index in [4.69, 9.17) is 5.11 Å². The van der Waals surface area contributed by atoms with E-state index in [1.165, 1.54) is 6.92 Å². The molecule has 0 rings (SSSR count). The predicted octanol–water partition coefficient (Wildman–Crippen LogP) is 1.12. The number of carbonyl (C=O) groups excluding carboxylic acids is 2. The Labute approximate surface area is 77.0 Å². The molecule has 0 spiro atoms. The molecular weight excluding hydrogens is 205 g/mol. The van der Waals surface area contributed by atoms with Crippen LogP contribution in [0.15, 0.2) is 11.3 Å². The molecule has 0 heterocycles. The predicted molar refractivity (Wildman–Crippen MR) is 38.4 cm³/mol. The summed E-state index contributed by atoms with van der Waals surface area (Å²) in [4.78, 5) is 20.8. The van der Waals surface area contributed by atoms with Gasteiger partial charge < -0.3 is 9.84 Å². The van der Waals surface area contributed by atoms with E-state index in [-0.39, 0.29) is 6.61 Å². The van der Waals surface area contributed by atoms with Gasteiger partial charge in [0.1, 0.15) is 5.57 Å². The molecule has 0 radical (unpaired) electrons. The Balaban J connectivity index is 5.04. The Kier molecular flexibility index (Phi) is 4.13. The van der Waals surface area contributed by atoms with Crippen LogP contribution >= 0.6 is 0 Å². The number of hydrogen-bond donors (Lipinski definition) is 1. The lowest BCUT2D eigenvalue weighted by atomic mass is 10.2. The Bertz CT molecular complexity index is 267. The summed E-state index contributed by atoms with van der Waals surface area (Å²) in [6, 6.07) is 0. The maximum absolute atomic E-state index is 11.8. The first-order valence-corrected chi connectivity index (χ1v) is 3.47. The third-order valence-electron chi connectivity index (χ3n) is 1.14. The van der Waals surface area contributed by atoms with Crippen molar-refractivity contribution >= 4 is 12.3 Å². The summed E-state index contributed by atoms with van der Waals surface area (Å²) in [7, 11) is 0. The number of rotatable bonds is 3. The molecule has 0 amide bonds. The number of carbonyl (C=O) groups is 2. The fourth-order valence-corrected chi connectivity index (χ4v) is 0.562. The minimum absolute atomic E-state index is 0.193. The zero-order chi connectivity index (χ0) is 11.4. The molecule has 0 saturated heterocycles. The standard InChI is InChI=1S/C7H7F3O4/c1-2-14-6(13)4(3-11)5(12)7(8,9)10/h3,12H,2H2,1H3/b5-4-. The number of halogens is 3. The molecule has 0 aromatic rings. The number of aldehydes is 1. The Morgan fingerprint density at radius 3 is 2.29 bits per heavy atom. The van der Waals surface area contributed by atoms with Gasteiger partial charge in [0.2, 0.25) is 5.76 Å². The van der Waals surface area contributed by atoms with Crippen molar-refractivity contribution in [3.05, 3.63) is 11.3 Å². The van der Waals surface area contributed by atoms with E-state index in [0.717, 1.165) is 0 Å². The van der Waals surface area contributed by atoms with Crippen molar-refractivity contribution in [1.29, 1.82) is 0 Å². The molecule has 0 aromatic carbocycles. The first-order chi connectivity index (χ1) is 6.34. The zero-order valence-corrected chi connectivity index (χ0v) is 7.09. The van der Waals surface area contributed by atoms with Crippen LogP contribution in [-0.4, -0.2) is 30.1 Å². The molecular formula is C7H7F3O4. The minimum Gasteiger partial charge on any atom is -0.504 e.